The molecule has 0 aliphatic heterocycles. The number of rotatable bonds is 4. The van der Waals surface area contributed by atoms with Crippen LogP contribution in [0, 0.1) is 5.92 Å². The topological polar surface area (TPSA) is 29.3 Å². The predicted molar refractivity (Wildman–Crippen MR) is 83.3 cm³/mol. The van der Waals surface area contributed by atoms with Gasteiger partial charge in [-0.1, -0.05) is 51.9 Å². The molecule has 0 bridgehead atoms. The third-order valence-corrected chi connectivity index (χ3v) is 6.09. The Kier molecular flexibility index (Phi) is 5.70. The van der Waals surface area contributed by atoms with Gasteiger partial charge in [-0.2, -0.15) is 0 Å². The van der Waals surface area contributed by atoms with E-state index in [1.54, 1.807) is 0 Å². The maximum atomic E-state index is 6.31. The molecule has 0 spiro atoms. The lowest BCUT2D eigenvalue weighted by molar-refractivity contribution is -0.0105. The average molecular weight is 266 g/mol. The van der Waals surface area contributed by atoms with Crippen LogP contribution in [-0.4, -0.2) is 30.1 Å². The lowest BCUT2D eigenvalue weighted by atomic mass is 9.69. The molecule has 2 nitrogen and oxygen atoms in total. The van der Waals surface area contributed by atoms with Crippen molar-refractivity contribution in [3.8, 4) is 0 Å². The molecule has 2 aliphatic carbocycles. The Morgan fingerprint density at radius 3 is 2.21 bits per heavy atom. The van der Waals surface area contributed by atoms with Crippen molar-refractivity contribution in [3.63, 3.8) is 0 Å². The fraction of sp³-hybridized carbons (Fsp3) is 1.00. The van der Waals surface area contributed by atoms with Crippen LogP contribution < -0.4 is 5.73 Å². The van der Waals surface area contributed by atoms with Crippen molar-refractivity contribution in [1.82, 2.24) is 4.90 Å². The van der Waals surface area contributed by atoms with Crippen LogP contribution in [-0.2, 0) is 0 Å². The van der Waals surface area contributed by atoms with E-state index in [4.69, 9.17) is 5.73 Å². The molecule has 0 radical (unpaired) electrons. The summed E-state index contributed by atoms with van der Waals surface area (Å²) >= 11 is 0. The molecular weight excluding hydrogens is 232 g/mol. The van der Waals surface area contributed by atoms with E-state index in [2.05, 4.69) is 18.9 Å². The van der Waals surface area contributed by atoms with Crippen LogP contribution in [0.5, 0.6) is 0 Å². The van der Waals surface area contributed by atoms with Crippen LogP contribution in [0.1, 0.15) is 77.6 Å². The summed E-state index contributed by atoms with van der Waals surface area (Å²) < 4.78 is 0. The van der Waals surface area contributed by atoms with Gasteiger partial charge in [0, 0.05) is 18.1 Å². The Balaban J connectivity index is 2.13. The first-order chi connectivity index (χ1) is 9.24. The standard InChI is InChI=1S/C17H34N2/c1-3-15-10-8-9-13-17(15,14-18)19(2)16-11-6-4-5-7-12-16/h15-16H,3-14,18H2,1-2H3. The van der Waals surface area contributed by atoms with Crippen molar-refractivity contribution in [1.29, 1.82) is 0 Å². The molecule has 0 amide bonds. The molecule has 0 aromatic heterocycles. The van der Waals surface area contributed by atoms with Crippen molar-refractivity contribution in [2.24, 2.45) is 11.7 Å². The van der Waals surface area contributed by atoms with E-state index < -0.39 is 0 Å². The van der Waals surface area contributed by atoms with Crippen molar-refractivity contribution >= 4 is 0 Å². The van der Waals surface area contributed by atoms with Crippen molar-refractivity contribution in [3.05, 3.63) is 0 Å². The summed E-state index contributed by atoms with van der Waals surface area (Å²) in [6.07, 6.45) is 15.3. The van der Waals surface area contributed by atoms with Crippen LogP contribution in [0.15, 0.2) is 0 Å². The van der Waals surface area contributed by atoms with Gasteiger partial charge < -0.3 is 5.73 Å². The molecule has 2 N–H and O–H groups in total. The molecule has 2 saturated carbocycles. The summed E-state index contributed by atoms with van der Waals surface area (Å²) in [6, 6.07) is 0.790. The highest BCUT2D eigenvalue weighted by molar-refractivity contribution is 5.00. The Bertz CT molecular complexity index is 258. The number of hydrogen-bond acceptors (Lipinski definition) is 2. The largest absolute Gasteiger partial charge is 0.329 e. The second-order valence-corrected chi connectivity index (χ2v) is 6.91. The van der Waals surface area contributed by atoms with E-state index in [1.165, 1.54) is 70.6 Å². The SMILES string of the molecule is CCC1CCCCC1(CN)N(C)C1CCCCCC1. The van der Waals surface area contributed by atoms with E-state index >= 15 is 0 Å². The minimum atomic E-state index is 0.308. The summed E-state index contributed by atoms with van der Waals surface area (Å²) in [5, 5.41) is 0. The summed E-state index contributed by atoms with van der Waals surface area (Å²) in [5.41, 5.74) is 6.62. The lowest BCUT2D eigenvalue weighted by Gasteiger charge is -2.52. The molecule has 0 saturated heterocycles. The van der Waals surface area contributed by atoms with Gasteiger partial charge in [-0.15, -0.1) is 0 Å². The van der Waals surface area contributed by atoms with Gasteiger partial charge in [-0.25, -0.2) is 0 Å². The predicted octanol–water partition coefficient (Wildman–Crippen LogP) is 3.94. The van der Waals surface area contributed by atoms with Crippen LogP contribution in [0.4, 0.5) is 0 Å². The monoisotopic (exact) mass is 266 g/mol. The van der Waals surface area contributed by atoms with E-state index in [1.807, 2.05) is 0 Å². The Hall–Kier alpha value is -0.0800. The first-order valence-corrected chi connectivity index (χ1v) is 8.67. The second kappa shape index (κ2) is 7.08. The first-order valence-electron chi connectivity index (χ1n) is 8.67. The van der Waals surface area contributed by atoms with E-state index in [0.717, 1.165) is 18.5 Å². The van der Waals surface area contributed by atoms with Gasteiger partial charge in [0.2, 0.25) is 0 Å². The van der Waals surface area contributed by atoms with Gasteiger partial charge in [0.25, 0.3) is 0 Å². The highest BCUT2D eigenvalue weighted by Crippen LogP contribution is 2.41. The maximum absolute atomic E-state index is 6.31. The van der Waals surface area contributed by atoms with E-state index in [0.29, 0.717) is 5.54 Å². The lowest BCUT2D eigenvalue weighted by Crippen LogP contribution is -2.61. The summed E-state index contributed by atoms with van der Waals surface area (Å²) in [4.78, 5) is 2.74. The molecule has 2 unspecified atom stereocenters. The molecule has 2 aliphatic rings. The molecule has 2 heteroatoms. The highest BCUT2D eigenvalue weighted by Gasteiger charge is 2.43. The van der Waals surface area contributed by atoms with Crippen molar-refractivity contribution < 1.29 is 0 Å². The van der Waals surface area contributed by atoms with E-state index in [9.17, 15) is 0 Å². The zero-order valence-electron chi connectivity index (χ0n) is 13.2. The highest BCUT2D eigenvalue weighted by atomic mass is 15.2. The van der Waals surface area contributed by atoms with Crippen LogP contribution >= 0.6 is 0 Å². The Labute approximate surface area is 120 Å². The second-order valence-electron chi connectivity index (χ2n) is 6.91. The third kappa shape index (κ3) is 3.16. The molecule has 112 valence electrons. The molecule has 2 atom stereocenters. The zero-order chi connectivity index (χ0) is 13.7. The normalized spacial score (nSPS) is 34.4. The molecule has 2 rings (SSSR count). The van der Waals surface area contributed by atoms with Crippen LogP contribution in [0.25, 0.3) is 0 Å². The summed E-state index contributed by atoms with van der Waals surface area (Å²) in [7, 11) is 2.39. The number of likely N-dealkylation sites (N-methyl/N-ethyl adjacent to an activating group) is 1. The minimum absolute atomic E-state index is 0.308. The number of nitrogens with two attached hydrogens (primary N) is 1. The smallest absolute Gasteiger partial charge is 0.0359 e. The Morgan fingerprint density at radius 2 is 1.63 bits per heavy atom. The van der Waals surface area contributed by atoms with Gasteiger partial charge in [0.15, 0.2) is 0 Å². The fourth-order valence-corrected chi connectivity index (χ4v) is 4.76. The van der Waals surface area contributed by atoms with Crippen molar-refractivity contribution in [2.45, 2.75) is 89.1 Å². The molecule has 19 heavy (non-hydrogen) atoms. The Morgan fingerprint density at radius 1 is 1.00 bits per heavy atom. The van der Waals surface area contributed by atoms with Gasteiger partial charge in [0.05, 0.1) is 0 Å². The van der Waals surface area contributed by atoms with Crippen LogP contribution in [0.3, 0.4) is 0 Å². The molecule has 0 aromatic carbocycles. The maximum Gasteiger partial charge on any atom is 0.0359 e. The quantitative estimate of drug-likeness (QED) is 0.781. The summed E-state index contributed by atoms with van der Waals surface area (Å²) in [6.45, 7) is 3.22. The third-order valence-electron chi connectivity index (χ3n) is 6.09. The van der Waals surface area contributed by atoms with Gasteiger partial charge >= 0.3 is 0 Å². The van der Waals surface area contributed by atoms with Gasteiger partial charge in [-0.05, 0) is 38.6 Å². The van der Waals surface area contributed by atoms with Crippen molar-refractivity contribution in [2.75, 3.05) is 13.6 Å². The first kappa shape index (κ1) is 15.3. The van der Waals surface area contributed by atoms with E-state index in [-0.39, 0.29) is 0 Å². The fourth-order valence-electron chi connectivity index (χ4n) is 4.76. The zero-order valence-corrected chi connectivity index (χ0v) is 13.2. The average Bonchev–Trinajstić information content (AvgIpc) is 2.75. The van der Waals surface area contributed by atoms with Crippen LogP contribution in [0.2, 0.25) is 0 Å². The van der Waals surface area contributed by atoms with Gasteiger partial charge in [-0.3, -0.25) is 4.90 Å². The summed E-state index contributed by atoms with van der Waals surface area (Å²) in [5.74, 6) is 0.819. The van der Waals surface area contributed by atoms with Gasteiger partial charge in [0.1, 0.15) is 0 Å². The number of hydrogen-bond donors (Lipinski definition) is 1. The minimum Gasteiger partial charge on any atom is -0.329 e. The number of nitrogens with zero attached hydrogens (tertiary/aromatic N) is 1. The molecule has 0 heterocycles. The molecule has 2 fully saturated rings. The molecule has 0 aromatic rings. The molecular formula is C17H34N2.